The molecular formula is C23H23ClN2O3S. The van der Waals surface area contributed by atoms with E-state index < -0.39 is 15.9 Å². The predicted molar refractivity (Wildman–Crippen MR) is 122 cm³/mol. The van der Waals surface area contributed by atoms with E-state index in [1.807, 2.05) is 44.2 Å². The first-order valence-corrected chi connectivity index (χ1v) is 11.4. The van der Waals surface area contributed by atoms with Crippen molar-refractivity contribution in [3.8, 4) is 0 Å². The minimum atomic E-state index is -3.97. The molecule has 3 aromatic carbocycles. The van der Waals surface area contributed by atoms with Gasteiger partial charge in [-0.05, 0) is 79.4 Å². The van der Waals surface area contributed by atoms with Crippen LogP contribution in [0.2, 0.25) is 5.02 Å². The van der Waals surface area contributed by atoms with Crippen molar-refractivity contribution in [1.29, 1.82) is 0 Å². The minimum absolute atomic E-state index is 0.0372. The van der Waals surface area contributed by atoms with Crippen molar-refractivity contribution in [3.05, 3.63) is 87.9 Å². The molecule has 0 aliphatic carbocycles. The first-order valence-electron chi connectivity index (χ1n) is 9.49. The molecule has 0 aromatic heterocycles. The number of benzene rings is 3. The molecule has 1 amide bonds. The van der Waals surface area contributed by atoms with E-state index in [2.05, 4.69) is 17.0 Å². The lowest BCUT2D eigenvalue weighted by molar-refractivity contribution is 0.102. The zero-order chi connectivity index (χ0) is 21.9. The summed E-state index contributed by atoms with van der Waals surface area (Å²) < 4.78 is 28.3. The Balaban J connectivity index is 1.85. The fourth-order valence-corrected chi connectivity index (χ4v) is 4.47. The van der Waals surface area contributed by atoms with Crippen LogP contribution >= 0.6 is 11.6 Å². The van der Waals surface area contributed by atoms with Gasteiger partial charge in [0.25, 0.3) is 15.9 Å². The van der Waals surface area contributed by atoms with Gasteiger partial charge in [-0.3, -0.25) is 9.52 Å². The van der Waals surface area contributed by atoms with Gasteiger partial charge in [-0.15, -0.1) is 0 Å². The van der Waals surface area contributed by atoms with Crippen molar-refractivity contribution >= 4 is 38.9 Å². The van der Waals surface area contributed by atoms with E-state index in [1.165, 1.54) is 18.2 Å². The Labute approximate surface area is 182 Å². The normalized spacial score (nSPS) is 11.2. The molecule has 0 radical (unpaired) electrons. The highest BCUT2D eigenvalue weighted by Gasteiger charge is 2.21. The van der Waals surface area contributed by atoms with Crippen LogP contribution in [0.1, 0.15) is 34.0 Å². The summed E-state index contributed by atoms with van der Waals surface area (Å²) in [6, 6.07) is 16.9. The number of carbonyl (C=O) groups is 1. The molecule has 0 aliphatic heterocycles. The predicted octanol–water partition coefficient (Wildman–Crippen LogP) is 5.57. The van der Waals surface area contributed by atoms with Crippen molar-refractivity contribution in [3.63, 3.8) is 0 Å². The SMILES string of the molecule is CCc1ccc(NC(=O)c2ccc(Cl)c(S(=O)(=O)Nc3ccc(C)c(C)c3)c2)cc1. The summed E-state index contributed by atoms with van der Waals surface area (Å²) in [6.07, 6.45) is 0.903. The molecule has 0 atom stereocenters. The van der Waals surface area contributed by atoms with Gasteiger partial charge >= 0.3 is 0 Å². The van der Waals surface area contributed by atoms with Crippen LogP contribution < -0.4 is 10.0 Å². The number of amides is 1. The van der Waals surface area contributed by atoms with Crippen LogP contribution in [-0.4, -0.2) is 14.3 Å². The van der Waals surface area contributed by atoms with Gasteiger partial charge in [-0.25, -0.2) is 8.42 Å². The van der Waals surface area contributed by atoms with Crippen molar-refractivity contribution in [1.82, 2.24) is 0 Å². The molecular weight excluding hydrogens is 420 g/mol. The lowest BCUT2D eigenvalue weighted by Crippen LogP contribution is -2.16. The number of aryl methyl sites for hydroxylation is 3. The summed E-state index contributed by atoms with van der Waals surface area (Å²) in [4.78, 5) is 12.5. The number of rotatable bonds is 6. The van der Waals surface area contributed by atoms with Gasteiger partial charge < -0.3 is 5.32 Å². The molecule has 3 rings (SSSR count). The Bertz CT molecular complexity index is 1190. The molecule has 0 spiro atoms. The lowest BCUT2D eigenvalue weighted by atomic mass is 10.1. The summed E-state index contributed by atoms with van der Waals surface area (Å²) >= 11 is 6.15. The topological polar surface area (TPSA) is 75.3 Å². The van der Waals surface area contributed by atoms with Gasteiger partial charge in [0, 0.05) is 16.9 Å². The first kappa shape index (κ1) is 21.9. The Kier molecular flexibility index (Phi) is 6.48. The number of sulfonamides is 1. The Morgan fingerprint density at radius 1 is 0.900 bits per heavy atom. The largest absolute Gasteiger partial charge is 0.322 e. The van der Waals surface area contributed by atoms with Gasteiger partial charge in [-0.1, -0.05) is 36.7 Å². The highest BCUT2D eigenvalue weighted by Crippen LogP contribution is 2.26. The van der Waals surface area contributed by atoms with Crippen molar-refractivity contribution in [2.24, 2.45) is 0 Å². The molecule has 156 valence electrons. The van der Waals surface area contributed by atoms with Crippen LogP contribution in [0.4, 0.5) is 11.4 Å². The van der Waals surface area contributed by atoms with Crippen LogP contribution in [0.15, 0.2) is 65.6 Å². The Morgan fingerprint density at radius 2 is 1.57 bits per heavy atom. The van der Waals surface area contributed by atoms with Crippen LogP contribution in [0, 0.1) is 13.8 Å². The molecule has 0 bridgehead atoms. The standard InChI is InChI=1S/C23H23ClN2O3S/c1-4-17-6-10-19(11-7-17)25-23(27)18-8-12-21(24)22(14-18)30(28,29)26-20-9-5-15(2)16(3)13-20/h5-14,26H,4H2,1-3H3,(H,25,27). The molecule has 2 N–H and O–H groups in total. The molecule has 3 aromatic rings. The maximum atomic E-state index is 12.9. The second-order valence-electron chi connectivity index (χ2n) is 7.05. The molecule has 0 saturated carbocycles. The molecule has 30 heavy (non-hydrogen) atoms. The third kappa shape index (κ3) is 5.01. The molecule has 0 unspecified atom stereocenters. The van der Waals surface area contributed by atoms with Gasteiger partial charge in [0.05, 0.1) is 5.02 Å². The van der Waals surface area contributed by atoms with Crippen LogP contribution in [-0.2, 0) is 16.4 Å². The zero-order valence-electron chi connectivity index (χ0n) is 17.0. The first-order chi connectivity index (χ1) is 14.2. The van der Waals surface area contributed by atoms with E-state index in [-0.39, 0.29) is 15.5 Å². The van der Waals surface area contributed by atoms with Crippen LogP contribution in [0.25, 0.3) is 0 Å². The summed E-state index contributed by atoms with van der Waals surface area (Å²) in [6.45, 7) is 5.90. The summed E-state index contributed by atoms with van der Waals surface area (Å²) in [5, 5.41) is 2.81. The maximum absolute atomic E-state index is 12.9. The Morgan fingerprint density at radius 3 is 2.20 bits per heavy atom. The number of carbonyl (C=O) groups excluding carboxylic acids is 1. The molecule has 7 heteroatoms. The van der Waals surface area contributed by atoms with E-state index in [4.69, 9.17) is 11.6 Å². The highest BCUT2D eigenvalue weighted by molar-refractivity contribution is 7.92. The number of hydrogen-bond acceptors (Lipinski definition) is 3. The highest BCUT2D eigenvalue weighted by atomic mass is 35.5. The van der Waals surface area contributed by atoms with Crippen LogP contribution in [0.5, 0.6) is 0 Å². The smallest absolute Gasteiger partial charge is 0.263 e. The number of hydrogen-bond donors (Lipinski definition) is 2. The lowest BCUT2D eigenvalue weighted by Gasteiger charge is -2.12. The second kappa shape index (κ2) is 8.90. The number of nitrogens with one attached hydrogen (secondary N) is 2. The fraction of sp³-hybridized carbons (Fsp3) is 0.174. The quantitative estimate of drug-likeness (QED) is 0.523. The van der Waals surface area contributed by atoms with Gasteiger partial charge in [0.15, 0.2) is 0 Å². The molecule has 5 nitrogen and oxygen atoms in total. The monoisotopic (exact) mass is 442 g/mol. The third-order valence-electron chi connectivity index (χ3n) is 4.86. The summed E-state index contributed by atoms with van der Waals surface area (Å²) in [7, 11) is -3.97. The summed E-state index contributed by atoms with van der Waals surface area (Å²) in [5.41, 5.74) is 4.43. The van der Waals surface area contributed by atoms with E-state index in [1.54, 1.807) is 12.1 Å². The van der Waals surface area contributed by atoms with E-state index in [9.17, 15) is 13.2 Å². The average molecular weight is 443 g/mol. The second-order valence-corrected chi connectivity index (χ2v) is 9.11. The van der Waals surface area contributed by atoms with E-state index in [0.29, 0.717) is 11.4 Å². The maximum Gasteiger partial charge on any atom is 0.263 e. The van der Waals surface area contributed by atoms with Crippen molar-refractivity contribution in [2.45, 2.75) is 32.1 Å². The zero-order valence-corrected chi connectivity index (χ0v) is 18.6. The third-order valence-corrected chi connectivity index (χ3v) is 6.72. The molecule has 0 saturated heterocycles. The van der Waals surface area contributed by atoms with E-state index in [0.717, 1.165) is 23.1 Å². The minimum Gasteiger partial charge on any atom is -0.322 e. The van der Waals surface area contributed by atoms with Gasteiger partial charge in [0.2, 0.25) is 0 Å². The van der Waals surface area contributed by atoms with Crippen LogP contribution in [0.3, 0.4) is 0 Å². The van der Waals surface area contributed by atoms with Gasteiger partial charge in [-0.2, -0.15) is 0 Å². The molecule has 0 heterocycles. The van der Waals surface area contributed by atoms with Crippen molar-refractivity contribution < 1.29 is 13.2 Å². The van der Waals surface area contributed by atoms with Crippen molar-refractivity contribution in [2.75, 3.05) is 10.0 Å². The molecule has 0 fully saturated rings. The molecule has 0 aliphatic rings. The summed E-state index contributed by atoms with van der Waals surface area (Å²) in [5.74, 6) is -0.418. The number of anilines is 2. The van der Waals surface area contributed by atoms with Gasteiger partial charge in [0.1, 0.15) is 4.90 Å². The van der Waals surface area contributed by atoms with E-state index >= 15 is 0 Å². The average Bonchev–Trinajstić information content (AvgIpc) is 2.71. The number of halogens is 1. The Hall–Kier alpha value is -2.83. The fourth-order valence-electron chi connectivity index (χ4n) is 2.89.